The van der Waals surface area contributed by atoms with Gasteiger partial charge < -0.3 is 9.47 Å². The van der Waals surface area contributed by atoms with Gasteiger partial charge in [-0.05, 0) is 18.6 Å². The predicted molar refractivity (Wildman–Crippen MR) is 57.3 cm³/mol. The Kier molecular flexibility index (Phi) is 2.68. The van der Waals surface area contributed by atoms with E-state index in [0.29, 0.717) is 11.3 Å². The first kappa shape index (κ1) is 10.4. The van der Waals surface area contributed by atoms with Crippen molar-refractivity contribution in [3.8, 4) is 5.75 Å². The standard InChI is InChI=1S/C11H10N2O3/c1-7-5-8(16-11(14)15-2)6-9-10(7)13-4-3-12-9/h3-6H,1-2H3. The Bertz CT molecular complexity index is 540. The fourth-order valence-corrected chi connectivity index (χ4v) is 1.41. The molecule has 0 unspecified atom stereocenters. The van der Waals surface area contributed by atoms with E-state index in [1.807, 2.05) is 6.92 Å². The Hall–Kier alpha value is -2.17. The summed E-state index contributed by atoms with van der Waals surface area (Å²) < 4.78 is 9.33. The van der Waals surface area contributed by atoms with Crippen LogP contribution in [0.15, 0.2) is 24.5 Å². The molecule has 2 aromatic rings. The molecular weight excluding hydrogens is 208 g/mol. The lowest BCUT2D eigenvalue weighted by atomic mass is 10.2. The summed E-state index contributed by atoms with van der Waals surface area (Å²) in [4.78, 5) is 19.3. The van der Waals surface area contributed by atoms with Crippen LogP contribution < -0.4 is 4.74 Å². The molecule has 0 aliphatic carbocycles. The smallest absolute Gasteiger partial charge is 0.437 e. The SMILES string of the molecule is COC(=O)Oc1cc(C)c2nccnc2c1. The van der Waals surface area contributed by atoms with Crippen molar-refractivity contribution in [1.29, 1.82) is 0 Å². The molecule has 0 aliphatic rings. The number of carbonyl (C=O) groups excluding carboxylic acids is 1. The minimum absolute atomic E-state index is 0.400. The van der Waals surface area contributed by atoms with Crippen LogP contribution >= 0.6 is 0 Å². The lowest BCUT2D eigenvalue weighted by molar-refractivity contribution is 0.121. The van der Waals surface area contributed by atoms with Crippen LogP contribution in [-0.4, -0.2) is 23.2 Å². The Labute approximate surface area is 92.0 Å². The molecule has 5 nitrogen and oxygen atoms in total. The Morgan fingerprint density at radius 1 is 1.25 bits per heavy atom. The highest BCUT2D eigenvalue weighted by Gasteiger charge is 2.07. The summed E-state index contributed by atoms with van der Waals surface area (Å²) in [7, 11) is 1.26. The van der Waals surface area contributed by atoms with E-state index in [9.17, 15) is 4.79 Å². The van der Waals surface area contributed by atoms with Crippen molar-refractivity contribution < 1.29 is 14.3 Å². The second-order valence-electron chi connectivity index (χ2n) is 3.22. The van der Waals surface area contributed by atoms with Gasteiger partial charge in [0.2, 0.25) is 0 Å². The molecule has 0 saturated carbocycles. The van der Waals surface area contributed by atoms with E-state index in [4.69, 9.17) is 4.74 Å². The number of benzene rings is 1. The minimum Gasteiger partial charge on any atom is -0.437 e. The number of fused-ring (bicyclic) bond motifs is 1. The molecule has 0 fully saturated rings. The molecule has 1 aromatic carbocycles. The monoisotopic (exact) mass is 218 g/mol. The third-order valence-corrected chi connectivity index (χ3v) is 2.11. The highest BCUT2D eigenvalue weighted by atomic mass is 16.7. The van der Waals surface area contributed by atoms with Gasteiger partial charge in [0.25, 0.3) is 0 Å². The maximum Gasteiger partial charge on any atom is 0.513 e. The van der Waals surface area contributed by atoms with E-state index in [0.717, 1.165) is 11.1 Å². The molecule has 2 rings (SSSR count). The van der Waals surface area contributed by atoms with Gasteiger partial charge >= 0.3 is 6.16 Å². The molecule has 0 aliphatic heterocycles. The largest absolute Gasteiger partial charge is 0.513 e. The van der Waals surface area contributed by atoms with Gasteiger partial charge in [0.15, 0.2) is 0 Å². The van der Waals surface area contributed by atoms with Crippen LogP contribution in [0.25, 0.3) is 11.0 Å². The molecule has 82 valence electrons. The summed E-state index contributed by atoms with van der Waals surface area (Å²) in [5.74, 6) is 0.400. The number of hydrogen-bond donors (Lipinski definition) is 0. The van der Waals surface area contributed by atoms with Crippen LogP contribution in [0.2, 0.25) is 0 Å². The Morgan fingerprint density at radius 2 is 2.00 bits per heavy atom. The van der Waals surface area contributed by atoms with E-state index in [2.05, 4.69) is 14.7 Å². The number of aromatic nitrogens is 2. The molecule has 0 N–H and O–H groups in total. The second kappa shape index (κ2) is 4.14. The third kappa shape index (κ3) is 1.93. The summed E-state index contributed by atoms with van der Waals surface area (Å²) >= 11 is 0. The fourth-order valence-electron chi connectivity index (χ4n) is 1.41. The number of nitrogens with zero attached hydrogens (tertiary/aromatic N) is 2. The maximum absolute atomic E-state index is 10.9. The Morgan fingerprint density at radius 3 is 2.75 bits per heavy atom. The molecule has 0 atom stereocenters. The summed E-state index contributed by atoms with van der Waals surface area (Å²) in [5.41, 5.74) is 2.37. The van der Waals surface area contributed by atoms with Crippen molar-refractivity contribution in [2.75, 3.05) is 7.11 Å². The first-order valence-corrected chi connectivity index (χ1v) is 4.68. The number of hydrogen-bond acceptors (Lipinski definition) is 5. The lowest BCUT2D eigenvalue weighted by Crippen LogP contribution is -2.07. The number of rotatable bonds is 1. The number of carbonyl (C=O) groups is 1. The average Bonchev–Trinajstić information content (AvgIpc) is 2.29. The quantitative estimate of drug-likeness (QED) is 0.541. The van der Waals surface area contributed by atoms with Gasteiger partial charge in [0.05, 0.1) is 18.1 Å². The Balaban J connectivity index is 2.45. The highest BCUT2D eigenvalue weighted by molar-refractivity contribution is 5.80. The second-order valence-corrected chi connectivity index (χ2v) is 3.22. The molecule has 0 spiro atoms. The summed E-state index contributed by atoms with van der Waals surface area (Å²) in [6.45, 7) is 1.88. The number of methoxy groups -OCH3 is 1. The van der Waals surface area contributed by atoms with E-state index in [1.165, 1.54) is 7.11 Å². The van der Waals surface area contributed by atoms with Crippen molar-refractivity contribution >= 4 is 17.2 Å². The topological polar surface area (TPSA) is 61.3 Å². The summed E-state index contributed by atoms with van der Waals surface area (Å²) in [6, 6.07) is 3.36. The van der Waals surface area contributed by atoms with Gasteiger partial charge in [-0.1, -0.05) is 0 Å². The maximum atomic E-state index is 10.9. The van der Waals surface area contributed by atoms with Crippen LogP contribution in [0.1, 0.15) is 5.56 Å². The van der Waals surface area contributed by atoms with Crippen LogP contribution in [0.3, 0.4) is 0 Å². The molecule has 16 heavy (non-hydrogen) atoms. The normalized spacial score (nSPS) is 10.1. The molecule has 0 saturated heterocycles. The van der Waals surface area contributed by atoms with Crippen LogP contribution in [-0.2, 0) is 4.74 Å². The molecule has 0 bridgehead atoms. The molecule has 0 amide bonds. The van der Waals surface area contributed by atoms with Gasteiger partial charge in [-0.25, -0.2) is 4.79 Å². The van der Waals surface area contributed by atoms with Crippen molar-refractivity contribution in [1.82, 2.24) is 9.97 Å². The zero-order valence-corrected chi connectivity index (χ0v) is 8.93. The summed E-state index contributed by atoms with van der Waals surface area (Å²) in [5, 5.41) is 0. The predicted octanol–water partition coefficient (Wildman–Crippen LogP) is 2.08. The van der Waals surface area contributed by atoms with E-state index >= 15 is 0 Å². The fraction of sp³-hybridized carbons (Fsp3) is 0.182. The molecule has 1 aromatic heterocycles. The summed E-state index contributed by atoms with van der Waals surface area (Å²) in [6.07, 6.45) is 2.46. The number of aryl methyl sites for hydroxylation is 1. The van der Waals surface area contributed by atoms with E-state index in [1.54, 1.807) is 24.5 Å². The highest BCUT2D eigenvalue weighted by Crippen LogP contribution is 2.21. The molecule has 0 radical (unpaired) electrons. The van der Waals surface area contributed by atoms with Crippen molar-refractivity contribution in [2.24, 2.45) is 0 Å². The zero-order valence-electron chi connectivity index (χ0n) is 8.93. The zero-order chi connectivity index (χ0) is 11.5. The van der Waals surface area contributed by atoms with Crippen molar-refractivity contribution in [2.45, 2.75) is 6.92 Å². The van der Waals surface area contributed by atoms with Gasteiger partial charge in [-0.3, -0.25) is 9.97 Å². The van der Waals surface area contributed by atoms with Crippen LogP contribution in [0.4, 0.5) is 4.79 Å². The molecular formula is C11H10N2O3. The van der Waals surface area contributed by atoms with E-state index in [-0.39, 0.29) is 0 Å². The average molecular weight is 218 g/mol. The van der Waals surface area contributed by atoms with Gasteiger partial charge in [-0.2, -0.15) is 0 Å². The molecule has 5 heteroatoms. The lowest BCUT2D eigenvalue weighted by Gasteiger charge is -2.05. The van der Waals surface area contributed by atoms with E-state index < -0.39 is 6.16 Å². The number of ether oxygens (including phenoxy) is 2. The molecule has 1 heterocycles. The van der Waals surface area contributed by atoms with Crippen molar-refractivity contribution in [3.05, 3.63) is 30.1 Å². The van der Waals surface area contributed by atoms with Gasteiger partial charge in [-0.15, -0.1) is 0 Å². The van der Waals surface area contributed by atoms with Crippen LogP contribution in [0, 0.1) is 6.92 Å². The third-order valence-electron chi connectivity index (χ3n) is 2.11. The van der Waals surface area contributed by atoms with Crippen molar-refractivity contribution in [3.63, 3.8) is 0 Å². The minimum atomic E-state index is -0.748. The first-order valence-electron chi connectivity index (χ1n) is 4.68. The first-order chi connectivity index (χ1) is 7.70. The van der Waals surface area contributed by atoms with Crippen LogP contribution in [0.5, 0.6) is 5.75 Å². The van der Waals surface area contributed by atoms with Gasteiger partial charge in [0.1, 0.15) is 5.75 Å². The van der Waals surface area contributed by atoms with Gasteiger partial charge in [0, 0.05) is 18.5 Å².